The molecule has 0 saturated heterocycles. The van der Waals surface area contributed by atoms with Gasteiger partial charge in [-0.1, -0.05) is 13.8 Å². The van der Waals surface area contributed by atoms with Crippen molar-refractivity contribution in [3.8, 4) is 0 Å². The molecule has 1 aromatic heterocycles. The van der Waals surface area contributed by atoms with Crippen molar-refractivity contribution in [1.29, 1.82) is 0 Å². The second kappa shape index (κ2) is 2.26. The van der Waals surface area contributed by atoms with Crippen LogP contribution in [0, 0.1) is 12.8 Å². The van der Waals surface area contributed by atoms with E-state index in [0.29, 0.717) is 0 Å². The minimum atomic E-state index is 0.978. The highest BCUT2D eigenvalue weighted by Crippen LogP contribution is 2.15. The van der Waals surface area contributed by atoms with Crippen LogP contribution >= 0.6 is 0 Å². The lowest BCUT2D eigenvalue weighted by Crippen LogP contribution is -1.81. The minimum Gasteiger partial charge on any atom is -0.466 e. The lowest BCUT2D eigenvalue weighted by Gasteiger charge is -1.95. The normalized spacial score (nSPS) is 10.7. The molecule has 1 aromatic rings. The van der Waals surface area contributed by atoms with Gasteiger partial charge < -0.3 is 4.42 Å². The molecule has 0 aliphatic rings. The topological polar surface area (TPSA) is 13.1 Å². The maximum atomic E-state index is 5.31. The Kier molecular flexibility index (Phi) is 1.60. The molecular formula is C8H11O. The first kappa shape index (κ1) is 6.40. The SMILES string of the molecule is C[C](C)c1ccc(C)o1. The summed E-state index contributed by atoms with van der Waals surface area (Å²) in [5.74, 6) is 3.20. The summed E-state index contributed by atoms with van der Waals surface area (Å²) in [5, 5.41) is 0. The molecule has 1 radical (unpaired) electrons. The van der Waals surface area contributed by atoms with Crippen LogP contribution in [0.15, 0.2) is 16.5 Å². The van der Waals surface area contributed by atoms with Crippen LogP contribution in [-0.4, -0.2) is 0 Å². The van der Waals surface area contributed by atoms with Crippen molar-refractivity contribution in [1.82, 2.24) is 0 Å². The van der Waals surface area contributed by atoms with E-state index < -0.39 is 0 Å². The molecule has 0 atom stereocenters. The summed E-state index contributed by atoms with van der Waals surface area (Å²) in [6, 6.07) is 3.97. The van der Waals surface area contributed by atoms with Crippen molar-refractivity contribution < 1.29 is 4.42 Å². The molecule has 0 N–H and O–H groups in total. The molecule has 0 amide bonds. The fraction of sp³-hybridized carbons (Fsp3) is 0.375. The fourth-order valence-electron chi connectivity index (χ4n) is 0.703. The first-order chi connectivity index (χ1) is 4.20. The standard InChI is InChI=1S/C8H11O/c1-6(2)8-5-4-7(3)9-8/h4-5H,1-3H3. The second-order valence-electron chi connectivity index (χ2n) is 2.41. The maximum absolute atomic E-state index is 5.31. The molecule has 9 heavy (non-hydrogen) atoms. The Bertz CT molecular complexity index is 186. The molecule has 1 heterocycles. The van der Waals surface area contributed by atoms with E-state index in [-0.39, 0.29) is 0 Å². The zero-order valence-electron chi connectivity index (χ0n) is 6.06. The van der Waals surface area contributed by atoms with Crippen LogP contribution < -0.4 is 0 Å². The van der Waals surface area contributed by atoms with E-state index >= 15 is 0 Å². The molecule has 1 rings (SSSR count). The molecule has 0 aliphatic heterocycles. The lowest BCUT2D eigenvalue weighted by molar-refractivity contribution is 0.498. The van der Waals surface area contributed by atoms with Crippen molar-refractivity contribution >= 4 is 0 Å². The van der Waals surface area contributed by atoms with Crippen molar-refractivity contribution in [2.75, 3.05) is 0 Å². The Hall–Kier alpha value is -0.720. The first-order valence-electron chi connectivity index (χ1n) is 3.07. The van der Waals surface area contributed by atoms with Crippen LogP contribution in [0.5, 0.6) is 0 Å². The Morgan fingerprint density at radius 2 is 2.00 bits per heavy atom. The van der Waals surface area contributed by atoms with Crippen LogP contribution in [0.1, 0.15) is 25.4 Å². The molecule has 49 valence electrons. The quantitative estimate of drug-likeness (QED) is 0.559. The summed E-state index contributed by atoms with van der Waals surface area (Å²) >= 11 is 0. The number of rotatable bonds is 1. The van der Waals surface area contributed by atoms with E-state index in [0.717, 1.165) is 11.5 Å². The van der Waals surface area contributed by atoms with Gasteiger partial charge in [-0.15, -0.1) is 0 Å². The number of furan rings is 1. The first-order valence-corrected chi connectivity index (χ1v) is 3.07. The van der Waals surface area contributed by atoms with Gasteiger partial charge >= 0.3 is 0 Å². The largest absolute Gasteiger partial charge is 0.466 e. The highest BCUT2D eigenvalue weighted by molar-refractivity contribution is 5.18. The molecule has 0 aromatic carbocycles. The monoisotopic (exact) mass is 123 g/mol. The van der Waals surface area contributed by atoms with Crippen LogP contribution in [0.3, 0.4) is 0 Å². The molecule has 0 saturated carbocycles. The third-order valence-corrected chi connectivity index (χ3v) is 1.23. The summed E-state index contributed by atoms with van der Waals surface area (Å²) in [5.41, 5.74) is 0. The van der Waals surface area contributed by atoms with Crippen LogP contribution in [0.4, 0.5) is 0 Å². The molecule has 1 nitrogen and oxygen atoms in total. The molecule has 0 bridgehead atoms. The third-order valence-electron chi connectivity index (χ3n) is 1.23. The van der Waals surface area contributed by atoms with Gasteiger partial charge in [0, 0.05) is 5.92 Å². The molecule has 0 aliphatic carbocycles. The van der Waals surface area contributed by atoms with E-state index in [4.69, 9.17) is 4.42 Å². The molecule has 0 fully saturated rings. The Morgan fingerprint density at radius 3 is 2.22 bits per heavy atom. The van der Waals surface area contributed by atoms with E-state index in [2.05, 4.69) is 0 Å². The molecule has 0 unspecified atom stereocenters. The van der Waals surface area contributed by atoms with Gasteiger partial charge in [0.2, 0.25) is 0 Å². The summed E-state index contributed by atoms with van der Waals surface area (Å²) in [6.45, 7) is 6.03. The Balaban J connectivity index is 2.85. The Labute approximate surface area is 55.7 Å². The third kappa shape index (κ3) is 1.35. The van der Waals surface area contributed by atoms with Gasteiger partial charge in [0.25, 0.3) is 0 Å². The average Bonchev–Trinajstić information content (AvgIpc) is 2.14. The van der Waals surface area contributed by atoms with E-state index in [1.165, 1.54) is 5.92 Å². The summed E-state index contributed by atoms with van der Waals surface area (Å²) in [6.07, 6.45) is 0. The summed E-state index contributed by atoms with van der Waals surface area (Å²) < 4.78 is 5.31. The second-order valence-corrected chi connectivity index (χ2v) is 2.41. The lowest BCUT2D eigenvalue weighted by atomic mass is 10.2. The van der Waals surface area contributed by atoms with E-state index in [1.807, 2.05) is 32.9 Å². The smallest absolute Gasteiger partial charge is 0.110 e. The number of hydrogen-bond donors (Lipinski definition) is 0. The van der Waals surface area contributed by atoms with Crippen LogP contribution in [0.25, 0.3) is 0 Å². The highest BCUT2D eigenvalue weighted by Gasteiger charge is 2.01. The van der Waals surface area contributed by atoms with Gasteiger partial charge in [0.1, 0.15) is 11.5 Å². The van der Waals surface area contributed by atoms with E-state index in [1.54, 1.807) is 0 Å². The number of hydrogen-bond acceptors (Lipinski definition) is 1. The average molecular weight is 123 g/mol. The molecule has 1 heteroatoms. The predicted octanol–water partition coefficient (Wildman–Crippen LogP) is 2.55. The summed E-state index contributed by atoms with van der Waals surface area (Å²) in [4.78, 5) is 0. The minimum absolute atomic E-state index is 0.978. The predicted molar refractivity (Wildman–Crippen MR) is 37.1 cm³/mol. The van der Waals surface area contributed by atoms with Gasteiger partial charge in [-0.25, -0.2) is 0 Å². The van der Waals surface area contributed by atoms with Crippen molar-refractivity contribution in [3.05, 3.63) is 29.6 Å². The molecule has 0 spiro atoms. The molecular weight excluding hydrogens is 112 g/mol. The maximum Gasteiger partial charge on any atom is 0.110 e. The van der Waals surface area contributed by atoms with Crippen LogP contribution in [0.2, 0.25) is 0 Å². The van der Waals surface area contributed by atoms with Gasteiger partial charge in [0.15, 0.2) is 0 Å². The highest BCUT2D eigenvalue weighted by atomic mass is 16.3. The summed E-state index contributed by atoms with van der Waals surface area (Å²) in [7, 11) is 0. The van der Waals surface area contributed by atoms with Crippen LogP contribution in [-0.2, 0) is 0 Å². The number of aryl methyl sites for hydroxylation is 1. The van der Waals surface area contributed by atoms with Gasteiger partial charge in [-0.2, -0.15) is 0 Å². The van der Waals surface area contributed by atoms with Crippen molar-refractivity contribution in [3.63, 3.8) is 0 Å². The van der Waals surface area contributed by atoms with Gasteiger partial charge in [0.05, 0.1) is 0 Å². The zero-order valence-corrected chi connectivity index (χ0v) is 6.06. The van der Waals surface area contributed by atoms with Crippen molar-refractivity contribution in [2.45, 2.75) is 20.8 Å². The van der Waals surface area contributed by atoms with Gasteiger partial charge in [-0.05, 0) is 19.1 Å². The van der Waals surface area contributed by atoms with Crippen molar-refractivity contribution in [2.24, 2.45) is 0 Å². The zero-order chi connectivity index (χ0) is 6.85. The Morgan fingerprint density at radius 1 is 1.33 bits per heavy atom. The fourth-order valence-corrected chi connectivity index (χ4v) is 0.703. The van der Waals surface area contributed by atoms with Gasteiger partial charge in [-0.3, -0.25) is 0 Å². The van der Waals surface area contributed by atoms with E-state index in [9.17, 15) is 0 Å².